The van der Waals surface area contributed by atoms with Crippen molar-refractivity contribution < 1.29 is 17.9 Å². The van der Waals surface area contributed by atoms with Crippen molar-refractivity contribution in [2.24, 2.45) is 5.73 Å². The number of benzene rings is 1. The molecule has 0 radical (unpaired) electrons. The molecule has 18 heavy (non-hydrogen) atoms. The third-order valence-corrected chi connectivity index (χ3v) is 2.63. The van der Waals surface area contributed by atoms with Gasteiger partial charge in [0.1, 0.15) is 18.0 Å². The van der Waals surface area contributed by atoms with Crippen molar-refractivity contribution in [3.05, 3.63) is 47.1 Å². The van der Waals surface area contributed by atoms with Crippen molar-refractivity contribution >= 4 is 0 Å². The Balaban J connectivity index is 2.98. The fraction of sp³-hybridized carbons (Fsp3) is 0.417. The van der Waals surface area contributed by atoms with E-state index in [1.165, 1.54) is 18.2 Å². The molecule has 1 aromatic carbocycles. The molecule has 98 valence electrons. The van der Waals surface area contributed by atoms with Crippen LogP contribution in [0.15, 0.2) is 24.3 Å². The first-order valence-electron chi connectivity index (χ1n) is 5.15. The molecule has 0 bridgehead atoms. The zero-order valence-corrected chi connectivity index (χ0v) is 9.79. The predicted molar refractivity (Wildman–Crippen MR) is 60.3 cm³/mol. The highest BCUT2D eigenvalue weighted by molar-refractivity contribution is 5.27. The number of halogens is 3. The predicted octanol–water partition coefficient (Wildman–Crippen LogP) is 2.53. The van der Waals surface area contributed by atoms with Gasteiger partial charge < -0.3 is 10.5 Å². The molecule has 0 aliphatic heterocycles. The van der Waals surface area contributed by atoms with E-state index in [4.69, 9.17) is 12.3 Å². The lowest BCUT2D eigenvalue weighted by Crippen LogP contribution is -2.53. The summed E-state index contributed by atoms with van der Waals surface area (Å²) in [5, 5.41) is 0. The van der Waals surface area contributed by atoms with Crippen LogP contribution < -0.4 is 5.73 Å². The highest BCUT2D eigenvalue weighted by Crippen LogP contribution is 2.36. The third-order valence-electron chi connectivity index (χ3n) is 2.63. The van der Waals surface area contributed by atoms with Crippen LogP contribution in [0.25, 0.3) is 4.85 Å². The Hall–Kier alpha value is -1.58. The van der Waals surface area contributed by atoms with E-state index >= 15 is 0 Å². The third kappa shape index (κ3) is 2.81. The van der Waals surface area contributed by atoms with Crippen molar-refractivity contribution in [2.45, 2.75) is 18.4 Å². The minimum Gasteiger partial charge on any atom is -0.317 e. The van der Waals surface area contributed by atoms with Gasteiger partial charge in [-0.1, -0.05) is 18.2 Å². The second-order valence-corrected chi connectivity index (χ2v) is 4.02. The smallest absolute Gasteiger partial charge is 0.317 e. The van der Waals surface area contributed by atoms with Gasteiger partial charge in [-0.25, -0.2) is 19.7 Å². The first-order valence-corrected chi connectivity index (χ1v) is 5.15. The molecule has 1 atom stereocenters. The summed E-state index contributed by atoms with van der Waals surface area (Å²) in [6.07, 6.45) is 0. The SMILES string of the molecule is [C-]#[N+]COCC(F)(F)[C@](C)(N)c1ccccc1F. The standard InChI is InChI=1S/C12H13F3N2O/c1-11(16,9-5-3-4-6-10(9)13)12(14,15)7-18-8-17-2/h3-6H,7-8,16H2,1H3/t11-/m1/s1. The zero-order valence-electron chi connectivity index (χ0n) is 9.79. The number of rotatable bonds is 5. The van der Waals surface area contributed by atoms with Crippen LogP contribution in [-0.4, -0.2) is 19.3 Å². The van der Waals surface area contributed by atoms with Gasteiger partial charge in [0.15, 0.2) is 0 Å². The highest BCUT2D eigenvalue weighted by Gasteiger charge is 2.50. The van der Waals surface area contributed by atoms with E-state index in [0.29, 0.717) is 0 Å². The van der Waals surface area contributed by atoms with E-state index in [9.17, 15) is 13.2 Å². The lowest BCUT2D eigenvalue weighted by Gasteiger charge is -2.33. The molecule has 2 N–H and O–H groups in total. The van der Waals surface area contributed by atoms with Crippen molar-refractivity contribution in [3.8, 4) is 0 Å². The van der Waals surface area contributed by atoms with E-state index < -0.39 is 30.6 Å². The van der Waals surface area contributed by atoms with Gasteiger partial charge in [-0.05, 0) is 13.0 Å². The topological polar surface area (TPSA) is 39.6 Å². The highest BCUT2D eigenvalue weighted by atomic mass is 19.3. The molecule has 1 aromatic rings. The van der Waals surface area contributed by atoms with Gasteiger partial charge >= 0.3 is 6.73 Å². The maximum Gasteiger partial charge on any atom is 0.318 e. The number of ether oxygens (including phenoxy) is 1. The fourth-order valence-corrected chi connectivity index (χ4v) is 1.45. The number of nitrogens with two attached hydrogens (primary N) is 1. The summed E-state index contributed by atoms with van der Waals surface area (Å²) in [4.78, 5) is 2.79. The second kappa shape index (κ2) is 5.38. The number of hydrogen-bond donors (Lipinski definition) is 1. The Morgan fingerprint density at radius 3 is 2.56 bits per heavy atom. The average molecular weight is 258 g/mol. The normalized spacial score (nSPS) is 14.9. The van der Waals surface area contributed by atoms with Crippen LogP contribution in [-0.2, 0) is 10.3 Å². The van der Waals surface area contributed by atoms with Crippen LogP contribution in [0.3, 0.4) is 0 Å². The van der Waals surface area contributed by atoms with Gasteiger partial charge in [-0.3, -0.25) is 4.85 Å². The summed E-state index contributed by atoms with van der Waals surface area (Å²) in [5.41, 5.74) is 3.05. The van der Waals surface area contributed by atoms with Crippen LogP contribution in [0.2, 0.25) is 0 Å². The molecule has 0 spiro atoms. The Morgan fingerprint density at radius 2 is 2.00 bits per heavy atom. The summed E-state index contributed by atoms with van der Waals surface area (Å²) in [5.74, 6) is -4.28. The van der Waals surface area contributed by atoms with Gasteiger partial charge in [-0.2, -0.15) is 0 Å². The molecule has 0 unspecified atom stereocenters. The molecule has 0 aliphatic rings. The molecule has 0 saturated heterocycles. The maximum atomic E-state index is 13.9. The first kappa shape index (κ1) is 14.5. The molecule has 0 aliphatic carbocycles. The monoisotopic (exact) mass is 258 g/mol. The van der Waals surface area contributed by atoms with Gasteiger partial charge in [0.05, 0.1) is 0 Å². The van der Waals surface area contributed by atoms with Gasteiger partial charge in [0.2, 0.25) is 0 Å². The lowest BCUT2D eigenvalue weighted by atomic mass is 9.86. The van der Waals surface area contributed by atoms with Crippen LogP contribution in [0.1, 0.15) is 12.5 Å². The Bertz CT molecular complexity index is 455. The van der Waals surface area contributed by atoms with Crippen LogP contribution in [0, 0.1) is 12.4 Å². The van der Waals surface area contributed by atoms with Crippen molar-refractivity contribution in [2.75, 3.05) is 13.3 Å². The summed E-state index contributed by atoms with van der Waals surface area (Å²) in [6.45, 7) is 5.95. The summed E-state index contributed by atoms with van der Waals surface area (Å²) < 4.78 is 45.7. The largest absolute Gasteiger partial charge is 0.318 e. The Kier molecular flexibility index (Phi) is 4.33. The molecule has 0 fully saturated rings. The van der Waals surface area contributed by atoms with Gasteiger partial charge in [-0.15, -0.1) is 0 Å². The van der Waals surface area contributed by atoms with Crippen LogP contribution >= 0.6 is 0 Å². The quantitative estimate of drug-likeness (QED) is 0.651. The summed E-state index contributed by atoms with van der Waals surface area (Å²) in [7, 11) is 0. The van der Waals surface area contributed by atoms with Crippen LogP contribution in [0.5, 0.6) is 0 Å². The van der Waals surface area contributed by atoms with Gasteiger partial charge in [0.25, 0.3) is 5.92 Å². The van der Waals surface area contributed by atoms with E-state index in [-0.39, 0.29) is 5.56 Å². The van der Waals surface area contributed by atoms with E-state index in [1.807, 2.05) is 0 Å². The molecule has 0 heterocycles. The number of hydrogen-bond acceptors (Lipinski definition) is 2. The Labute approximate surface area is 103 Å². The Morgan fingerprint density at radius 1 is 1.39 bits per heavy atom. The molecule has 6 heteroatoms. The van der Waals surface area contributed by atoms with E-state index in [2.05, 4.69) is 9.58 Å². The fourth-order valence-electron chi connectivity index (χ4n) is 1.45. The first-order chi connectivity index (χ1) is 8.33. The van der Waals surface area contributed by atoms with E-state index in [0.717, 1.165) is 13.0 Å². The second-order valence-electron chi connectivity index (χ2n) is 4.02. The molecule has 3 nitrogen and oxygen atoms in total. The molecule has 0 aromatic heterocycles. The van der Waals surface area contributed by atoms with Crippen molar-refractivity contribution in [1.82, 2.24) is 0 Å². The van der Waals surface area contributed by atoms with E-state index in [1.54, 1.807) is 0 Å². The average Bonchev–Trinajstić information content (AvgIpc) is 2.29. The van der Waals surface area contributed by atoms with Gasteiger partial charge in [0, 0.05) is 5.56 Å². The molecule has 1 rings (SSSR count). The van der Waals surface area contributed by atoms with Crippen molar-refractivity contribution in [3.63, 3.8) is 0 Å². The summed E-state index contributed by atoms with van der Waals surface area (Å²) in [6, 6.07) is 5.09. The lowest BCUT2D eigenvalue weighted by molar-refractivity contribution is -0.124. The number of nitrogens with zero attached hydrogens (tertiary/aromatic N) is 1. The molecular formula is C12H13F3N2O. The molecular weight excluding hydrogens is 245 g/mol. The minimum atomic E-state index is -3.49. The van der Waals surface area contributed by atoms with Crippen LogP contribution in [0.4, 0.5) is 13.2 Å². The zero-order chi connectivity index (χ0) is 13.8. The maximum absolute atomic E-state index is 13.9. The van der Waals surface area contributed by atoms with Crippen molar-refractivity contribution in [1.29, 1.82) is 0 Å². The molecule has 0 saturated carbocycles. The molecule has 0 amide bonds. The number of alkyl halides is 2. The summed E-state index contributed by atoms with van der Waals surface area (Å²) >= 11 is 0. The minimum absolute atomic E-state index is 0.290.